The molecule has 2 aliphatic rings. The molecule has 2 fully saturated rings. The van der Waals surface area contributed by atoms with Gasteiger partial charge in [0.1, 0.15) is 0 Å². The molecule has 0 saturated heterocycles. The first kappa shape index (κ1) is 12.3. The molecular weight excluding hydrogens is 226 g/mol. The van der Waals surface area contributed by atoms with Crippen LogP contribution in [0.25, 0.3) is 0 Å². The molecule has 0 amide bonds. The Morgan fingerprint density at radius 1 is 1.31 bits per heavy atom. The van der Waals surface area contributed by atoms with Gasteiger partial charge >= 0.3 is 0 Å². The minimum Gasteiger partial charge on any atom is -0.330 e. The van der Waals surface area contributed by atoms with E-state index < -0.39 is 10.1 Å². The second-order valence-electron chi connectivity index (χ2n) is 5.41. The van der Waals surface area contributed by atoms with Crippen molar-refractivity contribution in [1.82, 2.24) is 0 Å². The molecule has 2 saturated carbocycles. The topological polar surface area (TPSA) is 80.4 Å². The van der Waals surface area contributed by atoms with E-state index in [0.29, 0.717) is 18.9 Å². The van der Waals surface area contributed by atoms with Crippen LogP contribution in [0.1, 0.15) is 32.1 Å². The summed E-state index contributed by atoms with van der Waals surface area (Å²) in [6, 6.07) is 0. The predicted octanol–water partition coefficient (Wildman–Crippen LogP) is 1.28. The predicted molar refractivity (Wildman–Crippen MR) is 62.5 cm³/mol. The summed E-state index contributed by atoms with van der Waals surface area (Å²) in [5.41, 5.74) is 5.74. The summed E-state index contributed by atoms with van der Waals surface area (Å²) in [5.74, 6) is 2.36. The molecule has 0 aromatic rings. The maximum Gasteiger partial charge on any atom is 0.264 e. The van der Waals surface area contributed by atoms with E-state index in [1.165, 1.54) is 25.7 Å². The number of nitrogens with two attached hydrogens (primary N) is 1. The molecule has 0 aliphatic heterocycles. The fraction of sp³-hybridized carbons (Fsp3) is 1.00. The maximum atomic E-state index is 10.7. The zero-order chi connectivity index (χ0) is 11.8. The van der Waals surface area contributed by atoms with Gasteiger partial charge in [-0.2, -0.15) is 8.42 Å². The fourth-order valence-electron chi connectivity index (χ4n) is 3.68. The van der Waals surface area contributed by atoms with Crippen molar-refractivity contribution in [3.05, 3.63) is 0 Å². The molecule has 5 heteroatoms. The van der Waals surface area contributed by atoms with Crippen LogP contribution in [0.2, 0.25) is 0 Å². The summed E-state index contributed by atoms with van der Waals surface area (Å²) < 4.78 is 30.3. The molecule has 4 unspecified atom stereocenters. The zero-order valence-corrected chi connectivity index (χ0v) is 10.3. The Hall–Kier alpha value is -0.130. The van der Waals surface area contributed by atoms with E-state index in [1.807, 2.05) is 0 Å². The quantitative estimate of drug-likeness (QED) is 0.717. The summed E-state index contributed by atoms with van der Waals surface area (Å²) >= 11 is 0. The van der Waals surface area contributed by atoms with Gasteiger partial charge in [0.15, 0.2) is 0 Å². The highest BCUT2D eigenvalue weighted by Crippen LogP contribution is 2.51. The summed E-state index contributed by atoms with van der Waals surface area (Å²) in [5, 5.41) is 0. The lowest BCUT2D eigenvalue weighted by molar-refractivity contribution is 0.226. The Morgan fingerprint density at radius 3 is 2.50 bits per heavy atom. The molecule has 0 spiro atoms. The third kappa shape index (κ3) is 2.76. The van der Waals surface area contributed by atoms with E-state index >= 15 is 0 Å². The van der Waals surface area contributed by atoms with Crippen molar-refractivity contribution in [1.29, 1.82) is 0 Å². The van der Waals surface area contributed by atoms with Crippen LogP contribution in [0.15, 0.2) is 0 Å². The first-order valence-corrected chi connectivity index (χ1v) is 7.75. The van der Waals surface area contributed by atoms with Crippen molar-refractivity contribution in [2.24, 2.45) is 29.4 Å². The van der Waals surface area contributed by atoms with E-state index in [9.17, 15) is 8.42 Å². The summed E-state index contributed by atoms with van der Waals surface area (Å²) in [7, 11) is -3.83. The summed E-state index contributed by atoms with van der Waals surface area (Å²) in [4.78, 5) is 0. The van der Waals surface area contributed by atoms with Gasteiger partial charge in [-0.25, -0.2) is 0 Å². The van der Waals surface area contributed by atoms with Gasteiger partial charge in [0.25, 0.3) is 10.1 Å². The third-order valence-corrected chi connectivity index (χ3v) is 5.20. The highest BCUT2D eigenvalue weighted by molar-refractivity contribution is 7.85. The normalized spacial score (nSPS) is 35.5. The second-order valence-corrected chi connectivity index (χ2v) is 6.98. The van der Waals surface area contributed by atoms with Gasteiger partial charge in [-0.15, -0.1) is 0 Å². The van der Waals surface area contributed by atoms with Crippen molar-refractivity contribution in [3.63, 3.8) is 0 Å². The number of fused-ring (bicyclic) bond motifs is 2. The van der Waals surface area contributed by atoms with Crippen LogP contribution in [-0.4, -0.2) is 25.3 Å². The van der Waals surface area contributed by atoms with Gasteiger partial charge in [0.2, 0.25) is 0 Å². The zero-order valence-electron chi connectivity index (χ0n) is 9.51. The Morgan fingerprint density at radius 2 is 2.06 bits per heavy atom. The van der Waals surface area contributed by atoms with Crippen LogP contribution in [0.3, 0.4) is 0 Å². The Balaban J connectivity index is 1.90. The van der Waals surface area contributed by atoms with E-state index in [4.69, 9.17) is 10.3 Å². The molecule has 94 valence electrons. The first-order valence-electron chi connectivity index (χ1n) is 6.15. The molecule has 0 heterocycles. The summed E-state index contributed by atoms with van der Waals surface area (Å²) in [6.45, 7) is 0.545. The molecular formula is C11H21NO3S. The van der Waals surface area contributed by atoms with Gasteiger partial charge < -0.3 is 5.73 Å². The number of hydrogen-bond donors (Lipinski definition) is 2. The maximum absolute atomic E-state index is 10.7. The van der Waals surface area contributed by atoms with Crippen molar-refractivity contribution in [2.45, 2.75) is 32.1 Å². The molecule has 4 atom stereocenters. The van der Waals surface area contributed by atoms with Crippen LogP contribution in [-0.2, 0) is 10.1 Å². The van der Waals surface area contributed by atoms with E-state index in [1.54, 1.807) is 0 Å². The molecule has 0 aromatic heterocycles. The second kappa shape index (κ2) is 4.63. The van der Waals surface area contributed by atoms with Gasteiger partial charge in [-0.05, 0) is 55.9 Å². The van der Waals surface area contributed by atoms with Gasteiger partial charge in [0.05, 0.1) is 5.75 Å². The Labute approximate surface area is 97.3 Å². The van der Waals surface area contributed by atoms with Crippen LogP contribution in [0.5, 0.6) is 0 Å². The van der Waals surface area contributed by atoms with Crippen LogP contribution < -0.4 is 5.73 Å². The Bertz CT molecular complexity index is 341. The van der Waals surface area contributed by atoms with Crippen LogP contribution in [0.4, 0.5) is 0 Å². The smallest absolute Gasteiger partial charge is 0.264 e. The van der Waals surface area contributed by atoms with Gasteiger partial charge in [-0.3, -0.25) is 4.55 Å². The molecule has 2 aliphatic carbocycles. The molecule has 4 nitrogen and oxygen atoms in total. The van der Waals surface area contributed by atoms with E-state index in [2.05, 4.69) is 0 Å². The highest BCUT2D eigenvalue weighted by atomic mass is 32.2. The van der Waals surface area contributed by atoms with Crippen molar-refractivity contribution >= 4 is 10.1 Å². The monoisotopic (exact) mass is 247 g/mol. The van der Waals surface area contributed by atoms with Gasteiger partial charge in [0, 0.05) is 0 Å². The number of rotatable bonds is 5. The third-order valence-electron chi connectivity index (χ3n) is 4.45. The minimum absolute atomic E-state index is 0.136. The summed E-state index contributed by atoms with van der Waals surface area (Å²) in [6.07, 6.45) is 5.68. The highest BCUT2D eigenvalue weighted by Gasteiger charge is 2.42. The fourth-order valence-corrected chi connectivity index (χ4v) is 4.28. The van der Waals surface area contributed by atoms with Crippen LogP contribution >= 0.6 is 0 Å². The van der Waals surface area contributed by atoms with Crippen LogP contribution in [0, 0.1) is 23.7 Å². The van der Waals surface area contributed by atoms with E-state index in [-0.39, 0.29) is 11.7 Å². The minimum atomic E-state index is -3.83. The largest absolute Gasteiger partial charge is 0.330 e. The lowest BCUT2D eigenvalue weighted by Gasteiger charge is -2.29. The molecule has 16 heavy (non-hydrogen) atoms. The molecule has 3 N–H and O–H groups in total. The molecule has 2 bridgehead atoms. The van der Waals surface area contributed by atoms with E-state index in [0.717, 1.165) is 11.8 Å². The first-order chi connectivity index (χ1) is 7.49. The lowest BCUT2D eigenvalue weighted by atomic mass is 9.78. The average molecular weight is 247 g/mol. The molecule has 0 radical (unpaired) electrons. The number of hydrogen-bond acceptors (Lipinski definition) is 3. The lowest BCUT2D eigenvalue weighted by Crippen LogP contribution is -2.29. The molecule has 0 aromatic carbocycles. The Kier molecular flexibility index (Phi) is 3.56. The average Bonchev–Trinajstić information content (AvgIpc) is 2.78. The SMILES string of the molecule is NCC(CCS(=O)(=O)O)C1CC2CCC1C2. The van der Waals surface area contributed by atoms with Crippen molar-refractivity contribution < 1.29 is 13.0 Å². The molecule has 2 rings (SSSR count). The van der Waals surface area contributed by atoms with Gasteiger partial charge in [-0.1, -0.05) is 6.42 Å². The standard InChI is InChI=1S/C11H21NO3S/c12-7-10(3-4-16(13,14)15)11-6-8-1-2-9(11)5-8/h8-11H,1-7,12H2,(H,13,14,15). The van der Waals surface area contributed by atoms with Crippen molar-refractivity contribution in [3.8, 4) is 0 Å². The van der Waals surface area contributed by atoms with Crippen molar-refractivity contribution in [2.75, 3.05) is 12.3 Å².